The third kappa shape index (κ3) is 5.11. The maximum atomic E-state index is 15.0. The molecule has 3 heterocycles. The molecule has 1 N–H and O–H groups in total. The first-order valence-corrected chi connectivity index (χ1v) is 12.9. The molecule has 176 valence electrons. The van der Waals surface area contributed by atoms with Crippen molar-refractivity contribution >= 4 is 44.5 Å². The molecule has 12 heteroatoms. The molecule has 0 bridgehead atoms. The zero-order valence-electron chi connectivity index (χ0n) is 17.9. The third-order valence-electron chi connectivity index (χ3n) is 5.54. The average molecular weight is 514 g/mol. The van der Waals surface area contributed by atoms with Crippen molar-refractivity contribution in [1.82, 2.24) is 14.9 Å². The molecule has 0 saturated carbocycles. The van der Waals surface area contributed by atoms with Gasteiger partial charge in [0.25, 0.3) is 10.0 Å². The van der Waals surface area contributed by atoms with Gasteiger partial charge in [0, 0.05) is 49.9 Å². The van der Waals surface area contributed by atoms with Crippen LogP contribution in [0.2, 0.25) is 5.02 Å². The van der Waals surface area contributed by atoms with E-state index in [-0.39, 0.29) is 17.5 Å². The summed E-state index contributed by atoms with van der Waals surface area (Å²) in [5, 5.41) is 0.964. The molecule has 2 aromatic heterocycles. The number of sulfonamides is 1. The van der Waals surface area contributed by atoms with Gasteiger partial charge < -0.3 is 4.90 Å². The van der Waals surface area contributed by atoms with Crippen molar-refractivity contribution in [2.75, 3.05) is 29.8 Å². The molecule has 1 unspecified atom stereocenters. The fourth-order valence-electron chi connectivity index (χ4n) is 3.91. The lowest BCUT2D eigenvalue weighted by atomic mass is 10.2. The zero-order chi connectivity index (χ0) is 23.8. The van der Waals surface area contributed by atoms with Crippen LogP contribution in [-0.4, -0.2) is 49.5 Å². The van der Waals surface area contributed by atoms with E-state index in [1.165, 1.54) is 10.9 Å². The summed E-state index contributed by atoms with van der Waals surface area (Å²) in [6, 6.07) is 6.77. The van der Waals surface area contributed by atoms with Gasteiger partial charge in [-0.1, -0.05) is 17.7 Å². The van der Waals surface area contributed by atoms with Gasteiger partial charge in [-0.3, -0.25) is 14.6 Å². The Kier molecular flexibility index (Phi) is 6.85. The van der Waals surface area contributed by atoms with Gasteiger partial charge in [-0.15, -0.1) is 11.3 Å². The van der Waals surface area contributed by atoms with Gasteiger partial charge in [-0.05, 0) is 25.5 Å². The predicted octanol–water partition coefficient (Wildman–Crippen LogP) is 4.29. The molecule has 0 radical (unpaired) electrons. The molecule has 3 aromatic rings. The normalized spacial score (nSPS) is 16.8. The van der Waals surface area contributed by atoms with Crippen LogP contribution in [0.4, 0.5) is 20.3 Å². The number of nitrogens with zero attached hydrogens (tertiary/aromatic N) is 4. The first kappa shape index (κ1) is 23.8. The van der Waals surface area contributed by atoms with Crippen molar-refractivity contribution in [3.05, 3.63) is 63.2 Å². The van der Waals surface area contributed by atoms with Crippen molar-refractivity contribution < 1.29 is 17.2 Å². The van der Waals surface area contributed by atoms with Crippen LogP contribution in [0.25, 0.3) is 0 Å². The maximum Gasteiger partial charge on any atom is 0.268 e. The van der Waals surface area contributed by atoms with Crippen LogP contribution in [0.15, 0.2) is 40.1 Å². The van der Waals surface area contributed by atoms with Gasteiger partial charge in [0.15, 0.2) is 16.5 Å². The number of hydrogen-bond donors (Lipinski definition) is 1. The summed E-state index contributed by atoms with van der Waals surface area (Å²) in [6.45, 7) is 4.04. The largest absolute Gasteiger partial charge is 0.369 e. The molecular formula is C21H22ClF2N5O2S2. The molecule has 1 aliphatic rings. The van der Waals surface area contributed by atoms with Crippen molar-refractivity contribution in [2.45, 2.75) is 30.8 Å². The van der Waals surface area contributed by atoms with Gasteiger partial charge in [0.2, 0.25) is 0 Å². The van der Waals surface area contributed by atoms with Crippen LogP contribution in [-0.2, 0) is 16.6 Å². The molecule has 7 nitrogen and oxygen atoms in total. The number of nitrogens with one attached hydrogen (secondary N) is 1. The van der Waals surface area contributed by atoms with Crippen LogP contribution >= 0.6 is 22.9 Å². The van der Waals surface area contributed by atoms with E-state index >= 15 is 4.39 Å². The van der Waals surface area contributed by atoms with E-state index in [1.54, 1.807) is 11.9 Å². The number of hydrogen-bond acceptors (Lipinski definition) is 7. The summed E-state index contributed by atoms with van der Waals surface area (Å²) in [4.78, 5) is 11.1. The minimum atomic E-state index is -4.55. The number of benzene rings is 1. The van der Waals surface area contributed by atoms with Crippen molar-refractivity contribution in [1.29, 1.82) is 0 Å². The van der Waals surface area contributed by atoms with Crippen LogP contribution in [0.5, 0.6) is 0 Å². The minimum Gasteiger partial charge on any atom is -0.369 e. The van der Waals surface area contributed by atoms with E-state index < -0.39 is 31.6 Å². The number of aromatic nitrogens is 2. The second kappa shape index (κ2) is 9.49. The highest BCUT2D eigenvalue weighted by Gasteiger charge is 2.32. The molecular weight excluding hydrogens is 492 g/mol. The smallest absolute Gasteiger partial charge is 0.268 e. The van der Waals surface area contributed by atoms with Gasteiger partial charge in [-0.25, -0.2) is 22.2 Å². The van der Waals surface area contributed by atoms with E-state index in [1.807, 2.05) is 25.1 Å². The number of aryl methyl sites for hydroxylation is 1. The highest BCUT2D eigenvalue weighted by atomic mass is 35.5. The molecule has 1 aliphatic heterocycles. The van der Waals surface area contributed by atoms with E-state index in [0.717, 1.165) is 41.8 Å². The Balaban J connectivity index is 1.53. The van der Waals surface area contributed by atoms with Crippen molar-refractivity contribution in [3.63, 3.8) is 0 Å². The molecule has 1 atom stereocenters. The Morgan fingerprint density at radius 1 is 1.36 bits per heavy atom. The van der Waals surface area contributed by atoms with Crippen LogP contribution < -0.4 is 9.62 Å². The van der Waals surface area contributed by atoms with Gasteiger partial charge in [0.1, 0.15) is 10.8 Å². The fraction of sp³-hybridized carbons (Fsp3) is 0.333. The van der Waals surface area contributed by atoms with Crippen molar-refractivity contribution in [3.8, 4) is 0 Å². The Hall–Kier alpha value is -2.34. The molecule has 4 rings (SSSR count). The Morgan fingerprint density at radius 3 is 2.85 bits per heavy atom. The van der Waals surface area contributed by atoms with E-state index in [4.69, 9.17) is 11.6 Å². The minimum absolute atomic E-state index is 0.0229. The van der Waals surface area contributed by atoms with Gasteiger partial charge in [0.05, 0.1) is 16.9 Å². The highest BCUT2D eigenvalue weighted by Crippen LogP contribution is 2.36. The van der Waals surface area contributed by atoms with Crippen molar-refractivity contribution in [2.24, 2.45) is 0 Å². The van der Waals surface area contributed by atoms with E-state index in [9.17, 15) is 12.8 Å². The summed E-state index contributed by atoms with van der Waals surface area (Å²) >= 11 is 7.34. The standard InChI is InChI=1S/C21H22ClF2N5O2S2/c1-13-4-3-5-14(26-13)9-29-7-6-15(10-29)28(2)17-8-16(23)21(20(24)19(17)22)33(30,31)27-18-11-32-12-25-18/h3-5,8,11-12,15,27H,6-7,9-10H2,1-2H3. The summed E-state index contributed by atoms with van der Waals surface area (Å²) in [7, 11) is -2.85. The molecule has 0 aliphatic carbocycles. The van der Waals surface area contributed by atoms with Crippen LogP contribution in [0.1, 0.15) is 17.8 Å². The van der Waals surface area contributed by atoms with E-state index in [2.05, 4.69) is 19.6 Å². The van der Waals surface area contributed by atoms with Crippen LogP contribution in [0, 0.1) is 18.6 Å². The van der Waals surface area contributed by atoms with E-state index in [0.29, 0.717) is 13.1 Å². The molecule has 1 saturated heterocycles. The lowest BCUT2D eigenvalue weighted by molar-refractivity contribution is 0.321. The molecule has 1 fully saturated rings. The average Bonchev–Trinajstić information content (AvgIpc) is 3.42. The second-order valence-corrected chi connectivity index (χ2v) is 10.6. The monoisotopic (exact) mass is 513 g/mol. The fourth-order valence-corrected chi connectivity index (χ4v) is 5.95. The maximum absolute atomic E-state index is 15.0. The number of halogens is 3. The number of anilines is 2. The molecule has 0 spiro atoms. The summed E-state index contributed by atoms with van der Waals surface area (Å²) in [5.74, 6) is -2.58. The second-order valence-electron chi connectivity index (χ2n) is 7.87. The summed E-state index contributed by atoms with van der Waals surface area (Å²) in [6.07, 6.45) is 0.757. The number of likely N-dealkylation sites (tertiary alicyclic amines) is 1. The quantitative estimate of drug-likeness (QED) is 0.475. The van der Waals surface area contributed by atoms with Gasteiger partial charge in [-0.2, -0.15) is 0 Å². The Bertz CT molecular complexity index is 1260. The first-order valence-electron chi connectivity index (χ1n) is 10.1. The zero-order valence-corrected chi connectivity index (χ0v) is 20.3. The highest BCUT2D eigenvalue weighted by molar-refractivity contribution is 7.92. The SMILES string of the molecule is Cc1cccc(CN2CCC(N(C)c3cc(F)c(S(=O)(=O)Nc4cscn4)c(F)c3Cl)C2)n1. The molecule has 1 aromatic carbocycles. The Morgan fingerprint density at radius 2 is 2.15 bits per heavy atom. The number of pyridine rings is 1. The van der Waals surface area contributed by atoms with Gasteiger partial charge >= 0.3 is 0 Å². The topological polar surface area (TPSA) is 78.4 Å². The lowest BCUT2D eigenvalue weighted by Crippen LogP contribution is -2.35. The molecule has 0 amide bonds. The third-order valence-corrected chi connectivity index (χ3v) is 7.88. The first-order chi connectivity index (χ1) is 15.7. The summed E-state index contributed by atoms with van der Waals surface area (Å²) < 4.78 is 57.1. The number of rotatable bonds is 7. The van der Waals surface area contributed by atoms with Crippen LogP contribution in [0.3, 0.4) is 0 Å². The molecule has 33 heavy (non-hydrogen) atoms. The lowest BCUT2D eigenvalue weighted by Gasteiger charge is -2.28. The number of likely N-dealkylation sites (N-methyl/N-ethyl adjacent to an activating group) is 1. The Labute approximate surface area is 200 Å². The number of thiazole rings is 1. The summed E-state index contributed by atoms with van der Waals surface area (Å²) in [5.41, 5.74) is 3.39. The predicted molar refractivity (Wildman–Crippen MR) is 125 cm³/mol.